The topological polar surface area (TPSA) is 76.7 Å². The van der Waals surface area contributed by atoms with Gasteiger partial charge in [0.2, 0.25) is 5.91 Å². The van der Waals surface area contributed by atoms with Crippen molar-refractivity contribution < 1.29 is 4.79 Å². The van der Waals surface area contributed by atoms with Crippen LogP contribution in [-0.2, 0) is 10.3 Å². The number of aromatic amines is 1. The number of primary amides is 1. The molecule has 1 aromatic rings. The number of carbonyl (C=O) groups is 1. The summed E-state index contributed by atoms with van der Waals surface area (Å²) in [5.74, 6) is 0.735. The van der Waals surface area contributed by atoms with Crippen molar-refractivity contribution in [1.82, 2.24) is 14.8 Å². The van der Waals surface area contributed by atoms with Gasteiger partial charge in [0.1, 0.15) is 5.82 Å². The quantitative estimate of drug-likeness (QED) is 0.788. The highest BCUT2D eigenvalue weighted by Gasteiger charge is 2.27. The standard InChI is InChI=1S/C10H18N4OS/c1-6(2)8-12-13-9(16)14(8)10(3,4)5-7(11)15/h6H,5H2,1-4H3,(H2,11,15)(H,13,16). The van der Waals surface area contributed by atoms with Gasteiger partial charge in [-0.1, -0.05) is 13.8 Å². The minimum Gasteiger partial charge on any atom is -0.370 e. The average molecular weight is 242 g/mol. The smallest absolute Gasteiger partial charge is 0.219 e. The van der Waals surface area contributed by atoms with E-state index in [9.17, 15) is 4.79 Å². The maximum Gasteiger partial charge on any atom is 0.219 e. The average Bonchev–Trinajstić information content (AvgIpc) is 2.44. The highest BCUT2D eigenvalue weighted by atomic mass is 32.1. The van der Waals surface area contributed by atoms with Crippen LogP contribution < -0.4 is 5.73 Å². The van der Waals surface area contributed by atoms with Crippen molar-refractivity contribution in [3.8, 4) is 0 Å². The van der Waals surface area contributed by atoms with E-state index in [-0.39, 0.29) is 18.2 Å². The zero-order chi connectivity index (χ0) is 12.5. The molecule has 5 nitrogen and oxygen atoms in total. The van der Waals surface area contributed by atoms with Gasteiger partial charge in [-0.05, 0) is 26.1 Å². The minimum atomic E-state index is -0.449. The summed E-state index contributed by atoms with van der Waals surface area (Å²) in [5.41, 5.74) is 4.80. The predicted molar refractivity (Wildman–Crippen MR) is 64.6 cm³/mol. The third-order valence-electron chi connectivity index (χ3n) is 2.43. The van der Waals surface area contributed by atoms with Gasteiger partial charge in [-0.25, -0.2) is 0 Å². The molecular formula is C10H18N4OS. The second-order valence-electron chi connectivity index (χ2n) is 4.83. The van der Waals surface area contributed by atoms with Crippen molar-refractivity contribution in [2.75, 3.05) is 0 Å². The molecule has 0 fully saturated rings. The van der Waals surface area contributed by atoms with Gasteiger partial charge in [-0.15, -0.1) is 0 Å². The van der Waals surface area contributed by atoms with E-state index in [1.165, 1.54) is 0 Å². The molecule has 0 atom stereocenters. The number of hydrogen-bond acceptors (Lipinski definition) is 3. The van der Waals surface area contributed by atoms with Crippen molar-refractivity contribution in [1.29, 1.82) is 0 Å². The molecule has 0 saturated carbocycles. The van der Waals surface area contributed by atoms with Gasteiger partial charge in [0.15, 0.2) is 4.77 Å². The van der Waals surface area contributed by atoms with E-state index >= 15 is 0 Å². The number of aromatic nitrogens is 3. The second-order valence-corrected chi connectivity index (χ2v) is 5.22. The number of carbonyl (C=O) groups excluding carboxylic acids is 1. The number of rotatable bonds is 4. The Morgan fingerprint density at radius 3 is 2.62 bits per heavy atom. The number of H-pyrrole nitrogens is 1. The number of nitrogens with one attached hydrogen (secondary N) is 1. The van der Waals surface area contributed by atoms with Crippen LogP contribution in [0.5, 0.6) is 0 Å². The predicted octanol–water partition coefficient (Wildman–Crippen LogP) is 1.67. The Kier molecular flexibility index (Phi) is 3.52. The Morgan fingerprint density at radius 2 is 2.19 bits per heavy atom. The molecule has 0 aliphatic carbocycles. The van der Waals surface area contributed by atoms with Gasteiger partial charge in [-0.2, -0.15) is 5.10 Å². The Morgan fingerprint density at radius 1 is 1.62 bits per heavy atom. The monoisotopic (exact) mass is 242 g/mol. The number of nitrogens with two attached hydrogens (primary N) is 1. The molecule has 0 bridgehead atoms. The summed E-state index contributed by atoms with van der Waals surface area (Å²) in [6.07, 6.45) is 0.237. The summed E-state index contributed by atoms with van der Waals surface area (Å²) >= 11 is 5.19. The van der Waals surface area contributed by atoms with Gasteiger partial charge in [0.05, 0.1) is 5.54 Å². The van der Waals surface area contributed by atoms with Crippen LogP contribution in [0.4, 0.5) is 0 Å². The van der Waals surface area contributed by atoms with E-state index < -0.39 is 5.54 Å². The summed E-state index contributed by atoms with van der Waals surface area (Å²) in [6, 6.07) is 0. The van der Waals surface area contributed by atoms with Crippen molar-refractivity contribution >= 4 is 18.1 Å². The fourth-order valence-electron chi connectivity index (χ4n) is 1.79. The van der Waals surface area contributed by atoms with Crippen molar-refractivity contribution in [3.63, 3.8) is 0 Å². The molecule has 0 aromatic carbocycles. The van der Waals surface area contributed by atoms with Crippen LogP contribution in [-0.4, -0.2) is 20.7 Å². The summed E-state index contributed by atoms with van der Waals surface area (Å²) in [4.78, 5) is 11.0. The molecule has 0 unspecified atom stereocenters. The maximum atomic E-state index is 11.0. The minimum absolute atomic E-state index is 0.236. The molecule has 3 N–H and O–H groups in total. The first-order chi connectivity index (χ1) is 7.25. The lowest BCUT2D eigenvalue weighted by Gasteiger charge is -2.27. The Balaban J connectivity index is 3.25. The number of nitrogens with zero attached hydrogens (tertiary/aromatic N) is 2. The van der Waals surface area contributed by atoms with E-state index in [4.69, 9.17) is 18.0 Å². The van der Waals surface area contributed by atoms with E-state index in [2.05, 4.69) is 10.2 Å². The van der Waals surface area contributed by atoms with Crippen LogP contribution in [0, 0.1) is 4.77 Å². The Bertz CT molecular complexity index is 444. The molecule has 1 aromatic heterocycles. The normalized spacial score (nSPS) is 12.1. The number of amides is 1. The van der Waals surface area contributed by atoms with Gasteiger partial charge in [0.25, 0.3) is 0 Å². The molecular weight excluding hydrogens is 224 g/mol. The largest absolute Gasteiger partial charge is 0.370 e. The maximum absolute atomic E-state index is 11.0. The first-order valence-corrected chi connectivity index (χ1v) is 5.62. The summed E-state index contributed by atoms with van der Waals surface area (Å²) in [5, 5.41) is 6.94. The van der Waals surface area contributed by atoms with Gasteiger partial charge in [0, 0.05) is 12.3 Å². The third kappa shape index (κ3) is 2.49. The van der Waals surface area contributed by atoms with E-state index in [1.807, 2.05) is 32.3 Å². The lowest BCUT2D eigenvalue weighted by Crippen LogP contribution is -2.33. The molecule has 0 spiro atoms. The summed E-state index contributed by atoms with van der Waals surface area (Å²) < 4.78 is 2.40. The SMILES string of the molecule is CC(C)c1n[nH]c(=S)n1C(C)(C)CC(N)=O. The van der Waals surface area contributed by atoms with Crippen LogP contribution in [0.2, 0.25) is 0 Å². The van der Waals surface area contributed by atoms with Crippen molar-refractivity contribution in [2.24, 2.45) is 5.73 Å². The molecule has 1 heterocycles. The number of hydrogen-bond donors (Lipinski definition) is 2. The zero-order valence-corrected chi connectivity index (χ0v) is 10.9. The van der Waals surface area contributed by atoms with Gasteiger partial charge >= 0.3 is 0 Å². The molecule has 1 rings (SSSR count). The van der Waals surface area contributed by atoms with Crippen molar-refractivity contribution in [2.45, 2.75) is 45.6 Å². The van der Waals surface area contributed by atoms with Crippen LogP contribution >= 0.6 is 12.2 Å². The third-order valence-corrected chi connectivity index (χ3v) is 2.70. The van der Waals surface area contributed by atoms with Crippen LogP contribution in [0.3, 0.4) is 0 Å². The highest BCUT2D eigenvalue weighted by molar-refractivity contribution is 7.71. The van der Waals surface area contributed by atoms with Gasteiger partial charge < -0.3 is 5.73 Å². The Labute approximate surface area is 100 Å². The lowest BCUT2D eigenvalue weighted by atomic mass is 9.99. The molecule has 6 heteroatoms. The van der Waals surface area contributed by atoms with E-state index in [0.29, 0.717) is 4.77 Å². The molecule has 1 amide bonds. The molecule has 0 saturated heterocycles. The second kappa shape index (κ2) is 4.37. The highest BCUT2D eigenvalue weighted by Crippen LogP contribution is 2.24. The zero-order valence-electron chi connectivity index (χ0n) is 10.1. The molecule has 90 valence electrons. The molecule has 0 aliphatic rings. The summed E-state index contributed by atoms with van der Waals surface area (Å²) in [6.45, 7) is 7.91. The summed E-state index contributed by atoms with van der Waals surface area (Å²) in [7, 11) is 0. The van der Waals surface area contributed by atoms with E-state index in [0.717, 1.165) is 5.82 Å². The fraction of sp³-hybridized carbons (Fsp3) is 0.700. The fourth-order valence-corrected chi connectivity index (χ4v) is 2.17. The lowest BCUT2D eigenvalue weighted by molar-refractivity contribution is -0.119. The Hall–Kier alpha value is -1.17. The first kappa shape index (κ1) is 12.9. The molecule has 16 heavy (non-hydrogen) atoms. The van der Waals surface area contributed by atoms with Crippen LogP contribution in [0.15, 0.2) is 0 Å². The first-order valence-electron chi connectivity index (χ1n) is 5.22. The van der Waals surface area contributed by atoms with E-state index in [1.54, 1.807) is 0 Å². The van der Waals surface area contributed by atoms with Crippen LogP contribution in [0.1, 0.15) is 45.9 Å². The molecule has 0 aliphatic heterocycles. The van der Waals surface area contributed by atoms with Gasteiger partial charge in [-0.3, -0.25) is 14.5 Å². The van der Waals surface area contributed by atoms with Crippen LogP contribution in [0.25, 0.3) is 0 Å². The molecule has 0 radical (unpaired) electrons. The van der Waals surface area contributed by atoms with Crippen molar-refractivity contribution in [3.05, 3.63) is 10.6 Å².